The summed E-state index contributed by atoms with van der Waals surface area (Å²) in [5, 5.41) is 0.862. The summed E-state index contributed by atoms with van der Waals surface area (Å²) >= 11 is 6.29. The first-order valence-corrected chi connectivity index (χ1v) is 7.90. The molecule has 20 heavy (non-hydrogen) atoms. The lowest BCUT2D eigenvalue weighted by molar-refractivity contribution is -0.000736. The molecule has 0 radical (unpaired) electrons. The van der Waals surface area contributed by atoms with E-state index in [9.17, 15) is 0 Å². The number of hydrogen-bond acceptors (Lipinski definition) is 3. The molecule has 1 unspecified atom stereocenters. The van der Waals surface area contributed by atoms with E-state index in [1.165, 1.54) is 5.56 Å². The zero-order chi connectivity index (χ0) is 14.4. The highest BCUT2D eigenvalue weighted by Crippen LogP contribution is 2.29. The highest BCUT2D eigenvalue weighted by Gasteiger charge is 2.24. The van der Waals surface area contributed by atoms with E-state index in [2.05, 4.69) is 24.0 Å². The van der Waals surface area contributed by atoms with Gasteiger partial charge in [-0.3, -0.25) is 4.90 Å². The van der Waals surface area contributed by atoms with Gasteiger partial charge in [0.15, 0.2) is 0 Å². The quantitative estimate of drug-likeness (QED) is 0.819. The van der Waals surface area contributed by atoms with Gasteiger partial charge in [0, 0.05) is 30.8 Å². The summed E-state index contributed by atoms with van der Waals surface area (Å²) in [6.07, 6.45) is 3.55. The summed E-state index contributed by atoms with van der Waals surface area (Å²) in [5.74, 6) is 0. The predicted molar refractivity (Wildman–Crippen MR) is 84.1 cm³/mol. The van der Waals surface area contributed by atoms with Gasteiger partial charge in [-0.25, -0.2) is 0 Å². The Morgan fingerprint density at radius 2 is 2.05 bits per heavy atom. The van der Waals surface area contributed by atoms with Crippen molar-refractivity contribution in [1.29, 1.82) is 0 Å². The third-order valence-corrected chi connectivity index (χ3v) is 4.43. The van der Waals surface area contributed by atoms with Crippen LogP contribution in [0.15, 0.2) is 24.3 Å². The molecule has 2 N–H and O–H groups in total. The van der Waals surface area contributed by atoms with Gasteiger partial charge in [-0.05, 0) is 44.4 Å². The molecule has 112 valence electrons. The number of nitrogens with zero attached hydrogens (tertiary/aromatic N) is 1. The standard InChI is InChI=1S/C16H25ClN2O/c1-13(15-5-2-3-6-16(15)17)19-10-7-14(8-11-19)20-12-4-9-18/h2-3,5-6,13-14H,4,7-12,18H2,1H3. The van der Waals surface area contributed by atoms with Gasteiger partial charge in [0.05, 0.1) is 6.10 Å². The van der Waals surface area contributed by atoms with E-state index in [0.29, 0.717) is 18.7 Å². The van der Waals surface area contributed by atoms with Crippen LogP contribution in [0.1, 0.15) is 37.8 Å². The second-order valence-electron chi connectivity index (χ2n) is 5.45. The molecule has 1 aromatic carbocycles. The summed E-state index contributed by atoms with van der Waals surface area (Å²) in [5.41, 5.74) is 6.70. The first-order valence-electron chi connectivity index (χ1n) is 7.52. The van der Waals surface area contributed by atoms with E-state index in [4.69, 9.17) is 22.1 Å². The minimum atomic E-state index is 0.369. The molecule has 0 aliphatic carbocycles. The molecule has 0 spiro atoms. The van der Waals surface area contributed by atoms with Crippen LogP contribution < -0.4 is 5.73 Å². The summed E-state index contributed by atoms with van der Waals surface area (Å²) in [6.45, 7) is 5.87. The lowest BCUT2D eigenvalue weighted by Gasteiger charge is -2.36. The van der Waals surface area contributed by atoms with Crippen molar-refractivity contribution in [3.8, 4) is 0 Å². The molecule has 0 aromatic heterocycles. The molecule has 4 heteroatoms. The Morgan fingerprint density at radius 3 is 2.70 bits per heavy atom. The molecule has 1 heterocycles. The van der Waals surface area contributed by atoms with Crippen LogP contribution >= 0.6 is 11.6 Å². The molecule has 3 nitrogen and oxygen atoms in total. The fraction of sp³-hybridized carbons (Fsp3) is 0.625. The third-order valence-electron chi connectivity index (χ3n) is 4.08. The fourth-order valence-corrected chi connectivity index (χ4v) is 3.07. The van der Waals surface area contributed by atoms with Gasteiger partial charge in [-0.15, -0.1) is 0 Å². The predicted octanol–water partition coefficient (Wildman–Crippen LogP) is 3.23. The number of benzene rings is 1. The number of nitrogens with two attached hydrogens (primary N) is 1. The second kappa shape index (κ2) is 7.99. The number of hydrogen-bond donors (Lipinski definition) is 1. The van der Waals surface area contributed by atoms with Crippen molar-refractivity contribution >= 4 is 11.6 Å². The molecule has 0 amide bonds. The lowest BCUT2D eigenvalue weighted by Crippen LogP contribution is -2.38. The maximum absolute atomic E-state index is 6.29. The zero-order valence-corrected chi connectivity index (χ0v) is 13.0. The van der Waals surface area contributed by atoms with Crippen LogP contribution in [0.5, 0.6) is 0 Å². The van der Waals surface area contributed by atoms with Gasteiger partial charge in [0.1, 0.15) is 0 Å². The Hall–Kier alpha value is -0.610. The molecule has 1 fully saturated rings. The summed E-state index contributed by atoms with van der Waals surface area (Å²) in [4.78, 5) is 2.49. The molecule has 1 aromatic rings. The smallest absolute Gasteiger partial charge is 0.0599 e. The molecule has 1 saturated heterocycles. The lowest BCUT2D eigenvalue weighted by atomic mass is 10.0. The third kappa shape index (κ3) is 4.19. The topological polar surface area (TPSA) is 38.5 Å². The Labute approximate surface area is 127 Å². The number of likely N-dealkylation sites (tertiary alicyclic amines) is 1. The van der Waals surface area contributed by atoms with E-state index in [1.807, 2.05) is 12.1 Å². The van der Waals surface area contributed by atoms with Crippen molar-refractivity contribution in [2.45, 2.75) is 38.3 Å². The van der Waals surface area contributed by atoms with E-state index in [1.54, 1.807) is 0 Å². The average molecular weight is 297 g/mol. The molecule has 2 rings (SSSR count). The molecule has 0 saturated carbocycles. The normalized spacial score (nSPS) is 19.1. The molecular weight excluding hydrogens is 272 g/mol. The number of piperidine rings is 1. The molecule has 0 bridgehead atoms. The van der Waals surface area contributed by atoms with E-state index < -0.39 is 0 Å². The van der Waals surface area contributed by atoms with Crippen molar-refractivity contribution < 1.29 is 4.74 Å². The van der Waals surface area contributed by atoms with Gasteiger partial charge in [0.25, 0.3) is 0 Å². The zero-order valence-electron chi connectivity index (χ0n) is 12.2. The van der Waals surface area contributed by atoms with E-state index in [-0.39, 0.29) is 0 Å². The monoisotopic (exact) mass is 296 g/mol. The number of halogens is 1. The number of ether oxygens (including phenoxy) is 1. The summed E-state index contributed by atoms with van der Waals surface area (Å²) in [7, 11) is 0. The van der Waals surface area contributed by atoms with Crippen LogP contribution in [-0.2, 0) is 4.74 Å². The van der Waals surface area contributed by atoms with E-state index >= 15 is 0 Å². The highest BCUT2D eigenvalue weighted by atomic mass is 35.5. The molecule has 1 atom stereocenters. The van der Waals surface area contributed by atoms with Gasteiger partial charge in [0.2, 0.25) is 0 Å². The Balaban J connectivity index is 1.83. The second-order valence-corrected chi connectivity index (χ2v) is 5.85. The van der Waals surface area contributed by atoms with Crippen LogP contribution in [0, 0.1) is 0 Å². The molecule has 1 aliphatic heterocycles. The van der Waals surface area contributed by atoms with Crippen molar-refractivity contribution in [2.75, 3.05) is 26.2 Å². The highest BCUT2D eigenvalue weighted by molar-refractivity contribution is 6.31. The SMILES string of the molecule is CC(c1ccccc1Cl)N1CCC(OCCCN)CC1. The fourth-order valence-electron chi connectivity index (χ4n) is 2.77. The average Bonchev–Trinajstić information content (AvgIpc) is 2.48. The van der Waals surface area contributed by atoms with Crippen molar-refractivity contribution in [3.63, 3.8) is 0 Å². The summed E-state index contributed by atoms with van der Waals surface area (Å²) in [6, 6.07) is 8.50. The van der Waals surface area contributed by atoms with Crippen LogP contribution in [0.4, 0.5) is 0 Å². The first kappa shape index (κ1) is 15.8. The Morgan fingerprint density at radius 1 is 1.35 bits per heavy atom. The van der Waals surface area contributed by atoms with Crippen molar-refractivity contribution in [1.82, 2.24) is 4.90 Å². The van der Waals surface area contributed by atoms with Crippen LogP contribution in [0.25, 0.3) is 0 Å². The van der Waals surface area contributed by atoms with Gasteiger partial charge < -0.3 is 10.5 Å². The van der Waals surface area contributed by atoms with E-state index in [0.717, 1.165) is 44.0 Å². The van der Waals surface area contributed by atoms with Crippen LogP contribution in [0.2, 0.25) is 5.02 Å². The maximum atomic E-state index is 6.29. The number of rotatable bonds is 6. The molecular formula is C16H25ClN2O. The van der Waals surface area contributed by atoms with Gasteiger partial charge >= 0.3 is 0 Å². The van der Waals surface area contributed by atoms with Crippen molar-refractivity contribution in [3.05, 3.63) is 34.9 Å². The largest absolute Gasteiger partial charge is 0.378 e. The summed E-state index contributed by atoms with van der Waals surface area (Å²) < 4.78 is 5.85. The maximum Gasteiger partial charge on any atom is 0.0599 e. The van der Waals surface area contributed by atoms with Crippen LogP contribution in [0.3, 0.4) is 0 Å². The Kier molecular flexibility index (Phi) is 6.30. The minimum absolute atomic E-state index is 0.369. The van der Waals surface area contributed by atoms with Crippen LogP contribution in [-0.4, -0.2) is 37.2 Å². The Bertz CT molecular complexity index is 405. The minimum Gasteiger partial charge on any atom is -0.378 e. The van der Waals surface area contributed by atoms with Gasteiger partial charge in [-0.1, -0.05) is 29.8 Å². The van der Waals surface area contributed by atoms with Crippen molar-refractivity contribution in [2.24, 2.45) is 5.73 Å². The first-order chi connectivity index (χ1) is 9.72. The van der Waals surface area contributed by atoms with Gasteiger partial charge in [-0.2, -0.15) is 0 Å². The molecule has 1 aliphatic rings.